The van der Waals surface area contributed by atoms with Gasteiger partial charge in [-0.3, -0.25) is 9.69 Å². The van der Waals surface area contributed by atoms with Gasteiger partial charge in [-0.2, -0.15) is 0 Å². The van der Waals surface area contributed by atoms with E-state index in [-0.39, 0.29) is 18.2 Å². The third-order valence-corrected chi connectivity index (χ3v) is 7.64. The Morgan fingerprint density at radius 1 is 0.974 bits per heavy atom. The predicted octanol–water partition coefficient (Wildman–Crippen LogP) is 6.21. The minimum atomic E-state index is -0.450. The summed E-state index contributed by atoms with van der Waals surface area (Å²) < 4.78 is 17.2. The van der Waals surface area contributed by atoms with Gasteiger partial charge in [-0.15, -0.1) is 0 Å². The number of hydrogen-bond acceptors (Lipinski definition) is 6. The van der Waals surface area contributed by atoms with E-state index in [0.29, 0.717) is 29.6 Å². The highest BCUT2D eigenvalue weighted by Crippen LogP contribution is 2.43. The molecule has 1 aliphatic carbocycles. The lowest BCUT2D eigenvalue weighted by atomic mass is 9.84. The van der Waals surface area contributed by atoms with Crippen molar-refractivity contribution in [2.24, 2.45) is 11.3 Å². The Morgan fingerprint density at radius 3 is 2.26 bits per heavy atom. The third-order valence-electron chi connectivity index (χ3n) is 7.64. The van der Waals surface area contributed by atoms with Gasteiger partial charge >= 0.3 is 5.97 Å². The van der Waals surface area contributed by atoms with E-state index in [1.54, 1.807) is 21.1 Å². The highest BCUT2D eigenvalue weighted by molar-refractivity contribution is 5.84. The summed E-state index contributed by atoms with van der Waals surface area (Å²) in [6.45, 7) is 8.55. The second-order valence-corrected chi connectivity index (χ2v) is 11.6. The van der Waals surface area contributed by atoms with Crippen molar-refractivity contribution in [2.45, 2.75) is 65.8 Å². The van der Waals surface area contributed by atoms with Gasteiger partial charge in [0.05, 0.1) is 20.6 Å². The van der Waals surface area contributed by atoms with E-state index < -0.39 is 5.41 Å². The maximum Gasteiger partial charge on any atom is 0.311 e. The van der Waals surface area contributed by atoms with Gasteiger partial charge in [-0.25, -0.2) is 0 Å². The van der Waals surface area contributed by atoms with Gasteiger partial charge in [0.15, 0.2) is 11.5 Å². The average Bonchev–Trinajstić information content (AvgIpc) is 3.19. The molecule has 2 aliphatic rings. The second-order valence-electron chi connectivity index (χ2n) is 11.6. The molecular formula is C32H41NO5. The van der Waals surface area contributed by atoms with Crippen LogP contribution in [0.2, 0.25) is 0 Å². The Hall–Kier alpha value is -3.12. The number of fused-ring (bicyclic) bond motifs is 1. The Morgan fingerprint density at radius 2 is 1.63 bits per heavy atom. The minimum Gasteiger partial charge on any atom is -0.493 e. The van der Waals surface area contributed by atoms with E-state index >= 15 is 0 Å². The Kier molecular flexibility index (Phi) is 8.93. The molecule has 6 nitrogen and oxygen atoms in total. The van der Waals surface area contributed by atoms with Crippen molar-refractivity contribution >= 4 is 17.5 Å². The van der Waals surface area contributed by atoms with E-state index in [1.807, 2.05) is 26.0 Å². The molecule has 0 atom stereocenters. The summed E-state index contributed by atoms with van der Waals surface area (Å²) in [5.74, 6) is 2.27. The highest BCUT2D eigenvalue weighted by atomic mass is 16.5. The van der Waals surface area contributed by atoms with E-state index in [9.17, 15) is 9.59 Å². The van der Waals surface area contributed by atoms with Crippen molar-refractivity contribution in [3.05, 3.63) is 64.7 Å². The van der Waals surface area contributed by atoms with Crippen LogP contribution in [0.3, 0.4) is 0 Å². The smallest absolute Gasteiger partial charge is 0.311 e. The summed E-state index contributed by atoms with van der Waals surface area (Å²) >= 11 is 0. The number of piperidine rings is 1. The first kappa shape index (κ1) is 27.9. The molecule has 2 aromatic carbocycles. The van der Waals surface area contributed by atoms with Crippen LogP contribution in [0, 0.1) is 11.3 Å². The first-order valence-corrected chi connectivity index (χ1v) is 13.6. The van der Waals surface area contributed by atoms with Crippen molar-refractivity contribution in [3.8, 4) is 11.5 Å². The molecule has 2 aromatic rings. The molecule has 1 fully saturated rings. The SMILES string of the molecule is COc1cc2c(cc1OC)C(OC(=O)CC(C)(C)CC(C)=O)=C(CC1CCN(Cc3ccccc3)CC1)C2. The van der Waals surface area contributed by atoms with Crippen LogP contribution in [0.1, 0.15) is 69.6 Å². The van der Waals surface area contributed by atoms with Crippen molar-refractivity contribution < 1.29 is 23.8 Å². The van der Waals surface area contributed by atoms with E-state index in [0.717, 1.165) is 62.0 Å². The van der Waals surface area contributed by atoms with Gasteiger partial charge in [0.2, 0.25) is 0 Å². The zero-order valence-electron chi connectivity index (χ0n) is 23.5. The maximum absolute atomic E-state index is 13.1. The summed E-state index contributed by atoms with van der Waals surface area (Å²) in [4.78, 5) is 27.3. The minimum absolute atomic E-state index is 0.0735. The lowest BCUT2D eigenvalue weighted by Gasteiger charge is -2.32. The van der Waals surface area contributed by atoms with E-state index in [1.165, 1.54) is 5.56 Å². The molecule has 0 N–H and O–H groups in total. The lowest BCUT2D eigenvalue weighted by molar-refractivity contribution is -0.139. The largest absolute Gasteiger partial charge is 0.493 e. The zero-order chi connectivity index (χ0) is 27.3. The number of hydrogen-bond donors (Lipinski definition) is 0. The molecule has 0 saturated carbocycles. The number of rotatable bonds is 11. The molecule has 0 bridgehead atoms. The highest BCUT2D eigenvalue weighted by Gasteiger charge is 2.32. The quantitative estimate of drug-likeness (QED) is 0.329. The summed E-state index contributed by atoms with van der Waals surface area (Å²) in [7, 11) is 3.25. The molecule has 4 rings (SSSR count). The van der Waals surface area contributed by atoms with Gasteiger partial charge in [-0.05, 0) is 85.9 Å². The van der Waals surface area contributed by atoms with Gasteiger partial charge in [0.25, 0.3) is 0 Å². The fourth-order valence-corrected chi connectivity index (χ4v) is 5.89. The number of allylic oxidation sites excluding steroid dienone is 1. The number of methoxy groups -OCH3 is 2. The van der Waals surface area contributed by atoms with Crippen LogP contribution >= 0.6 is 0 Å². The third kappa shape index (κ3) is 7.04. The van der Waals surface area contributed by atoms with Gasteiger partial charge in [0, 0.05) is 18.5 Å². The van der Waals surface area contributed by atoms with Gasteiger partial charge in [-0.1, -0.05) is 44.2 Å². The molecule has 0 radical (unpaired) electrons. The Balaban J connectivity index is 1.50. The fourth-order valence-electron chi connectivity index (χ4n) is 5.89. The Bertz CT molecular complexity index is 1180. The molecule has 6 heteroatoms. The Labute approximate surface area is 227 Å². The standard InChI is InChI=1S/C32H41NO5/c1-22(34)19-32(2,3)20-30(35)38-31-26(16-25-17-28(36-4)29(37-5)18-27(25)31)15-23-11-13-33(14-12-23)21-24-9-7-6-8-10-24/h6-10,17-18,23H,11-16,19-21H2,1-5H3. The number of nitrogens with zero attached hydrogens (tertiary/aromatic N) is 1. The molecule has 1 aliphatic heterocycles. The molecule has 1 heterocycles. The number of benzene rings is 2. The van der Waals surface area contributed by atoms with Gasteiger partial charge in [0.1, 0.15) is 11.5 Å². The lowest BCUT2D eigenvalue weighted by Crippen LogP contribution is -2.33. The number of ketones is 1. The number of carbonyl (C=O) groups excluding carboxylic acids is 2. The van der Waals surface area contributed by atoms with Crippen LogP contribution in [-0.4, -0.2) is 44.0 Å². The average molecular weight is 520 g/mol. The summed E-state index contributed by atoms with van der Waals surface area (Å²) in [5, 5.41) is 0. The van der Waals surface area contributed by atoms with E-state index in [2.05, 4.69) is 35.2 Å². The fraction of sp³-hybridized carbons (Fsp3) is 0.500. The van der Waals surface area contributed by atoms with Crippen molar-refractivity contribution in [1.82, 2.24) is 4.90 Å². The van der Waals surface area contributed by atoms with Gasteiger partial charge < -0.3 is 19.0 Å². The number of likely N-dealkylation sites (tertiary alicyclic amines) is 1. The molecule has 1 saturated heterocycles. The molecule has 0 unspecified atom stereocenters. The topological polar surface area (TPSA) is 65.1 Å². The molecule has 0 amide bonds. The van der Waals surface area contributed by atoms with Crippen molar-refractivity contribution in [3.63, 3.8) is 0 Å². The van der Waals surface area contributed by atoms with E-state index in [4.69, 9.17) is 14.2 Å². The number of Topliss-reactive ketones (excluding diaryl/α,β-unsaturated/α-hetero) is 1. The zero-order valence-corrected chi connectivity index (χ0v) is 23.5. The first-order chi connectivity index (χ1) is 18.2. The molecule has 204 valence electrons. The number of esters is 1. The summed E-state index contributed by atoms with van der Waals surface area (Å²) in [5.41, 5.74) is 4.05. The predicted molar refractivity (Wildman–Crippen MR) is 149 cm³/mol. The summed E-state index contributed by atoms with van der Waals surface area (Å²) in [6.07, 6.45) is 4.40. The summed E-state index contributed by atoms with van der Waals surface area (Å²) in [6, 6.07) is 14.6. The monoisotopic (exact) mass is 519 g/mol. The van der Waals surface area contributed by atoms with Crippen LogP contribution in [0.25, 0.3) is 5.76 Å². The van der Waals surface area contributed by atoms with Crippen LogP contribution in [0.4, 0.5) is 0 Å². The van der Waals surface area contributed by atoms with Crippen LogP contribution in [0.5, 0.6) is 11.5 Å². The molecule has 0 aromatic heterocycles. The van der Waals surface area contributed by atoms with Crippen LogP contribution in [0.15, 0.2) is 48.0 Å². The van der Waals surface area contributed by atoms with Crippen LogP contribution in [-0.2, 0) is 27.3 Å². The number of carbonyl (C=O) groups is 2. The van der Waals surface area contributed by atoms with Crippen molar-refractivity contribution in [2.75, 3.05) is 27.3 Å². The maximum atomic E-state index is 13.1. The first-order valence-electron chi connectivity index (χ1n) is 13.6. The molecule has 0 spiro atoms. The number of ether oxygens (including phenoxy) is 3. The molecular weight excluding hydrogens is 478 g/mol. The normalized spacial score (nSPS) is 16.3. The van der Waals surface area contributed by atoms with Crippen LogP contribution < -0.4 is 9.47 Å². The molecule has 38 heavy (non-hydrogen) atoms. The van der Waals surface area contributed by atoms with Crippen molar-refractivity contribution in [1.29, 1.82) is 0 Å². The second kappa shape index (κ2) is 12.2.